The van der Waals surface area contributed by atoms with Gasteiger partial charge in [-0.2, -0.15) is 0 Å². The second kappa shape index (κ2) is 9.21. The second-order valence-electron chi connectivity index (χ2n) is 4.56. The maximum Gasteiger partial charge on any atom is 0.0123 e. The molecule has 0 aromatic rings. The van der Waals surface area contributed by atoms with E-state index in [0.717, 1.165) is 12.5 Å². The minimum atomic E-state index is 0.562. The molecular formula is C14H30N. The molecule has 1 heteroatoms. The second-order valence-corrected chi connectivity index (χ2v) is 4.56. The molecular weight excluding hydrogens is 182 g/mol. The Labute approximate surface area is 97.0 Å². The highest BCUT2D eigenvalue weighted by atomic mass is 14.9. The third kappa shape index (κ3) is 5.55. The van der Waals surface area contributed by atoms with Crippen molar-refractivity contribution in [2.75, 3.05) is 6.54 Å². The molecule has 1 radical (unpaired) electrons. The highest BCUT2D eigenvalue weighted by Crippen LogP contribution is 2.23. The summed E-state index contributed by atoms with van der Waals surface area (Å²) >= 11 is 0. The highest BCUT2D eigenvalue weighted by molar-refractivity contribution is 4.83. The fourth-order valence-corrected chi connectivity index (χ4v) is 2.31. The van der Waals surface area contributed by atoms with Gasteiger partial charge >= 0.3 is 0 Å². The molecule has 0 spiro atoms. The molecule has 0 fully saturated rings. The standard InChI is InChI=1S/C14H30N/c1-6-10-11-13(8-3)14(15-9-4)12(5)7-2/h12-15H,5-11H2,1-4H3. The minimum Gasteiger partial charge on any atom is -0.314 e. The van der Waals surface area contributed by atoms with E-state index in [1.807, 2.05) is 0 Å². The van der Waals surface area contributed by atoms with Gasteiger partial charge in [0.05, 0.1) is 0 Å². The number of hydrogen-bond donors (Lipinski definition) is 1. The lowest BCUT2D eigenvalue weighted by Crippen LogP contribution is -2.41. The van der Waals surface area contributed by atoms with E-state index < -0.39 is 0 Å². The van der Waals surface area contributed by atoms with Gasteiger partial charge in [0.2, 0.25) is 0 Å². The van der Waals surface area contributed by atoms with Crippen LogP contribution in [-0.4, -0.2) is 12.6 Å². The van der Waals surface area contributed by atoms with Crippen molar-refractivity contribution in [3.05, 3.63) is 6.92 Å². The lowest BCUT2D eigenvalue weighted by Gasteiger charge is -2.31. The number of rotatable bonds is 9. The molecule has 1 nitrogen and oxygen atoms in total. The van der Waals surface area contributed by atoms with E-state index >= 15 is 0 Å². The van der Waals surface area contributed by atoms with E-state index in [9.17, 15) is 0 Å². The molecule has 15 heavy (non-hydrogen) atoms. The largest absolute Gasteiger partial charge is 0.314 e. The molecule has 0 aliphatic heterocycles. The summed E-state index contributed by atoms with van der Waals surface area (Å²) in [5.41, 5.74) is 0. The third-order valence-corrected chi connectivity index (χ3v) is 3.43. The van der Waals surface area contributed by atoms with Gasteiger partial charge in [0.25, 0.3) is 0 Å². The van der Waals surface area contributed by atoms with Gasteiger partial charge in [-0.15, -0.1) is 0 Å². The molecule has 0 rings (SSSR count). The summed E-state index contributed by atoms with van der Waals surface area (Å²) in [4.78, 5) is 0. The van der Waals surface area contributed by atoms with Crippen LogP contribution in [0.25, 0.3) is 0 Å². The maximum absolute atomic E-state index is 4.29. The Morgan fingerprint density at radius 2 is 1.73 bits per heavy atom. The van der Waals surface area contributed by atoms with Gasteiger partial charge < -0.3 is 5.32 Å². The summed E-state index contributed by atoms with van der Waals surface area (Å²) in [6, 6.07) is 0.622. The van der Waals surface area contributed by atoms with E-state index in [4.69, 9.17) is 0 Å². The van der Waals surface area contributed by atoms with Crippen LogP contribution in [0.5, 0.6) is 0 Å². The predicted molar refractivity (Wildman–Crippen MR) is 69.9 cm³/mol. The Bertz CT molecular complexity index is 133. The minimum absolute atomic E-state index is 0.562. The van der Waals surface area contributed by atoms with E-state index in [2.05, 4.69) is 39.9 Å². The number of unbranched alkanes of at least 4 members (excludes halogenated alkanes) is 1. The van der Waals surface area contributed by atoms with E-state index in [1.54, 1.807) is 0 Å². The van der Waals surface area contributed by atoms with Gasteiger partial charge in [-0.1, -0.05) is 53.4 Å². The average Bonchev–Trinajstić information content (AvgIpc) is 2.27. The van der Waals surface area contributed by atoms with Crippen molar-refractivity contribution >= 4 is 0 Å². The fraction of sp³-hybridized carbons (Fsp3) is 0.929. The monoisotopic (exact) mass is 212 g/mol. The molecule has 0 bridgehead atoms. The van der Waals surface area contributed by atoms with Crippen LogP contribution >= 0.6 is 0 Å². The van der Waals surface area contributed by atoms with Crippen LogP contribution in [0.2, 0.25) is 0 Å². The zero-order chi connectivity index (χ0) is 11.7. The summed E-state index contributed by atoms with van der Waals surface area (Å²) in [7, 11) is 0. The van der Waals surface area contributed by atoms with Gasteiger partial charge in [-0.3, -0.25) is 0 Å². The zero-order valence-corrected chi connectivity index (χ0v) is 11.2. The molecule has 3 atom stereocenters. The Balaban J connectivity index is 4.25. The average molecular weight is 212 g/mol. The van der Waals surface area contributed by atoms with Crippen molar-refractivity contribution in [3.8, 4) is 0 Å². The van der Waals surface area contributed by atoms with Crippen molar-refractivity contribution < 1.29 is 0 Å². The van der Waals surface area contributed by atoms with Crippen LogP contribution in [0.3, 0.4) is 0 Å². The quantitative estimate of drug-likeness (QED) is 0.608. The Kier molecular flexibility index (Phi) is 9.18. The molecule has 0 aliphatic carbocycles. The Morgan fingerprint density at radius 3 is 2.13 bits per heavy atom. The van der Waals surface area contributed by atoms with Gasteiger partial charge in [-0.25, -0.2) is 0 Å². The molecule has 0 amide bonds. The number of hydrogen-bond acceptors (Lipinski definition) is 1. The van der Waals surface area contributed by atoms with Crippen LogP contribution in [0, 0.1) is 18.8 Å². The first kappa shape index (κ1) is 15.0. The van der Waals surface area contributed by atoms with Gasteiger partial charge in [0, 0.05) is 6.04 Å². The molecule has 0 aromatic carbocycles. The van der Waals surface area contributed by atoms with Crippen LogP contribution in [0.15, 0.2) is 0 Å². The van der Waals surface area contributed by atoms with Crippen molar-refractivity contribution in [2.24, 2.45) is 11.8 Å². The van der Waals surface area contributed by atoms with Gasteiger partial charge in [0.15, 0.2) is 0 Å². The third-order valence-electron chi connectivity index (χ3n) is 3.43. The van der Waals surface area contributed by atoms with Crippen molar-refractivity contribution in [1.29, 1.82) is 0 Å². The van der Waals surface area contributed by atoms with Crippen molar-refractivity contribution in [2.45, 2.75) is 65.8 Å². The topological polar surface area (TPSA) is 12.0 Å². The highest BCUT2D eigenvalue weighted by Gasteiger charge is 2.23. The first-order valence-electron chi connectivity index (χ1n) is 6.77. The molecule has 0 aromatic heterocycles. The van der Waals surface area contributed by atoms with Crippen molar-refractivity contribution in [3.63, 3.8) is 0 Å². The SMILES string of the molecule is [CH2]C(CC)C(NCC)C(CC)CCCC. The first-order valence-corrected chi connectivity index (χ1v) is 6.77. The van der Waals surface area contributed by atoms with Crippen LogP contribution < -0.4 is 5.32 Å². The summed E-state index contributed by atoms with van der Waals surface area (Å²) in [5.74, 6) is 1.37. The van der Waals surface area contributed by atoms with E-state index in [-0.39, 0.29) is 0 Å². The van der Waals surface area contributed by atoms with Crippen LogP contribution in [-0.2, 0) is 0 Å². The Morgan fingerprint density at radius 1 is 1.07 bits per heavy atom. The summed E-state index contributed by atoms with van der Waals surface area (Å²) in [5, 5.41) is 3.63. The Hall–Kier alpha value is -0.0400. The van der Waals surface area contributed by atoms with Gasteiger partial charge in [0.1, 0.15) is 0 Å². The molecule has 0 saturated heterocycles. The summed E-state index contributed by atoms with van der Waals surface area (Å²) in [6.07, 6.45) is 6.49. The van der Waals surface area contributed by atoms with E-state index in [1.165, 1.54) is 32.1 Å². The normalized spacial score (nSPS) is 17.4. The first-order chi connectivity index (χ1) is 7.21. The fourth-order valence-electron chi connectivity index (χ4n) is 2.31. The molecule has 0 heterocycles. The molecule has 0 aliphatic rings. The van der Waals surface area contributed by atoms with Crippen LogP contribution in [0.4, 0.5) is 0 Å². The lowest BCUT2D eigenvalue weighted by molar-refractivity contribution is 0.261. The zero-order valence-electron chi connectivity index (χ0n) is 11.2. The molecule has 91 valence electrons. The van der Waals surface area contributed by atoms with Crippen LogP contribution in [0.1, 0.15) is 59.8 Å². The number of nitrogens with one attached hydrogen (secondary N) is 1. The molecule has 0 saturated carbocycles. The maximum atomic E-state index is 4.29. The molecule has 3 unspecified atom stereocenters. The lowest BCUT2D eigenvalue weighted by atomic mass is 9.83. The summed E-state index contributed by atoms with van der Waals surface area (Å²) in [6.45, 7) is 14.4. The smallest absolute Gasteiger partial charge is 0.0123 e. The molecule has 1 N–H and O–H groups in total. The van der Waals surface area contributed by atoms with E-state index in [0.29, 0.717) is 12.0 Å². The summed E-state index contributed by atoms with van der Waals surface area (Å²) < 4.78 is 0. The predicted octanol–water partition coefficient (Wildman–Crippen LogP) is 4.04. The van der Waals surface area contributed by atoms with Crippen molar-refractivity contribution in [1.82, 2.24) is 5.32 Å². The van der Waals surface area contributed by atoms with Gasteiger partial charge in [-0.05, 0) is 31.7 Å².